The van der Waals surface area contributed by atoms with Gasteiger partial charge in [0.1, 0.15) is 5.75 Å². The molecule has 2 aliphatic heterocycles. The second-order valence-electron chi connectivity index (χ2n) is 9.15. The Kier molecular flexibility index (Phi) is 8.05. The summed E-state index contributed by atoms with van der Waals surface area (Å²) in [6.07, 6.45) is -1.98. The molecule has 2 aromatic rings. The monoisotopic (exact) mass is 490 g/mol. The molecule has 2 fully saturated rings. The molecular formula is C26H33F3N4O2. The number of amides is 1. The Morgan fingerprint density at radius 2 is 1.57 bits per heavy atom. The lowest BCUT2D eigenvalue weighted by atomic mass is 10.0. The summed E-state index contributed by atoms with van der Waals surface area (Å²) in [5, 5.41) is 3.54. The zero-order chi connectivity index (χ0) is 24.8. The summed E-state index contributed by atoms with van der Waals surface area (Å²) in [6.45, 7) is 5.29. The number of piperazine rings is 1. The van der Waals surface area contributed by atoms with Gasteiger partial charge in [-0.15, -0.1) is 0 Å². The fraction of sp³-hybridized carbons (Fsp3) is 0.500. The average molecular weight is 491 g/mol. The normalized spacial score (nSPS) is 17.9. The van der Waals surface area contributed by atoms with Gasteiger partial charge in [-0.25, -0.2) is 0 Å². The van der Waals surface area contributed by atoms with Crippen molar-refractivity contribution in [1.29, 1.82) is 0 Å². The summed E-state index contributed by atoms with van der Waals surface area (Å²) >= 11 is 0. The van der Waals surface area contributed by atoms with Crippen LogP contribution in [0.3, 0.4) is 0 Å². The lowest BCUT2D eigenvalue weighted by Crippen LogP contribution is -2.48. The van der Waals surface area contributed by atoms with Crippen molar-refractivity contribution in [1.82, 2.24) is 9.80 Å². The highest BCUT2D eigenvalue weighted by molar-refractivity contribution is 5.76. The Labute approximate surface area is 204 Å². The number of alkyl halides is 3. The summed E-state index contributed by atoms with van der Waals surface area (Å²) in [5.41, 5.74) is 1.24. The summed E-state index contributed by atoms with van der Waals surface area (Å²) in [4.78, 5) is 19.1. The van der Waals surface area contributed by atoms with Gasteiger partial charge in [0.25, 0.3) is 0 Å². The molecule has 0 atom stereocenters. The van der Waals surface area contributed by atoms with Gasteiger partial charge in [-0.05, 0) is 61.4 Å². The van der Waals surface area contributed by atoms with Crippen LogP contribution in [0, 0.1) is 0 Å². The van der Waals surface area contributed by atoms with E-state index >= 15 is 0 Å². The average Bonchev–Trinajstić information content (AvgIpc) is 2.88. The van der Waals surface area contributed by atoms with Crippen molar-refractivity contribution in [3.8, 4) is 5.75 Å². The van der Waals surface area contributed by atoms with Gasteiger partial charge in [-0.2, -0.15) is 13.2 Å². The summed E-state index contributed by atoms with van der Waals surface area (Å²) in [5.74, 6) is 1.02. The van der Waals surface area contributed by atoms with Crippen molar-refractivity contribution >= 4 is 17.3 Å². The number of hydrogen-bond acceptors (Lipinski definition) is 5. The van der Waals surface area contributed by atoms with Crippen LogP contribution >= 0.6 is 0 Å². The molecular weight excluding hydrogens is 457 g/mol. The van der Waals surface area contributed by atoms with Crippen LogP contribution in [0.1, 0.15) is 24.8 Å². The molecule has 0 radical (unpaired) electrons. The van der Waals surface area contributed by atoms with Gasteiger partial charge in [0.15, 0.2) is 0 Å². The predicted molar refractivity (Wildman–Crippen MR) is 131 cm³/mol. The second-order valence-corrected chi connectivity index (χ2v) is 9.15. The molecule has 2 saturated heterocycles. The topological polar surface area (TPSA) is 48.1 Å². The van der Waals surface area contributed by atoms with Crippen molar-refractivity contribution in [3.63, 3.8) is 0 Å². The first-order chi connectivity index (χ1) is 16.8. The molecule has 0 aromatic heterocycles. The fourth-order valence-corrected chi connectivity index (χ4v) is 4.70. The SMILES string of the molecule is COc1ccc(NC2CCN(C(=O)CCN3CCN(c4ccc(C(F)(F)F)cc4)CC3)CC2)cc1. The number of halogens is 3. The van der Waals surface area contributed by atoms with Crippen LogP contribution in [0.25, 0.3) is 0 Å². The molecule has 190 valence electrons. The minimum atomic E-state index is -4.31. The smallest absolute Gasteiger partial charge is 0.416 e. The third kappa shape index (κ3) is 6.81. The molecule has 2 aromatic carbocycles. The standard InChI is InChI=1S/C26H33F3N4O2/c1-35-24-8-4-21(5-9-24)30-22-10-14-33(15-11-22)25(34)12-13-31-16-18-32(19-17-31)23-6-2-20(3-7-23)26(27,28)29/h2-9,22,30H,10-19H2,1H3. The summed E-state index contributed by atoms with van der Waals surface area (Å²) in [7, 11) is 1.65. The molecule has 2 aliphatic rings. The van der Waals surface area contributed by atoms with E-state index in [9.17, 15) is 18.0 Å². The quantitative estimate of drug-likeness (QED) is 0.626. The zero-order valence-electron chi connectivity index (χ0n) is 20.1. The van der Waals surface area contributed by atoms with Gasteiger partial charge in [0, 0.05) is 69.7 Å². The van der Waals surface area contributed by atoms with Crippen molar-refractivity contribution in [3.05, 3.63) is 54.1 Å². The Balaban J connectivity index is 1.15. The molecule has 1 amide bonds. The number of nitrogens with zero attached hydrogens (tertiary/aromatic N) is 3. The molecule has 9 heteroatoms. The Morgan fingerprint density at radius 3 is 2.14 bits per heavy atom. The number of benzene rings is 2. The highest BCUT2D eigenvalue weighted by Crippen LogP contribution is 2.30. The lowest BCUT2D eigenvalue weighted by molar-refractivity contribution is -0.137. The van der Waals surface area contributed by atoms with Crippen LogP contribution in [-0.4, -0.2) is 74.7 Å². The van der Waals surface area contributed by atoms with Gasteiger partial charge in [-0.1, -0.05) is 0 Å². The molecule has 35 heavy (non-hydrogen) atoms. The van der Waals surface area contributed by atoms with E-state index in [1.807, 2.05) is 29.2 Å². The molecule has 0 unspecified atom stereocenters. The maximum absolute atomic E-state index is 12.8. The highest BCUT2D eigenvalue weighted by atomic mass is 19.4. The first-order valence-corrected chi connectivity index (χ1v) is 12.1. The van der Waals surface area contributed by atoms with Crippen molar-refractivity contribution in [2.75, 3.05) is 63.1 Å². The minimum absolute atomic E-state index is 0.193. The van der Waals surface area contributed by atoms with E-state index in [4.69, 9.17) is 4.74 Å². The Hall–Kier alpha value is -2.94. The fourth-order valence-electron chi connectivity index (χ4n) is 4.70. The largest absolute Gasteiger partial charge is 0.497 e. The Bertz CT molecular complexity index is 950. The van der Waals surface area contributed by atoms with Gasteiger partial charge in [0.05, 0.1) is 12.7 Å². The van der Waals surface area contributed by atoms with E-state index in [0.717, 1.165) is 81.4 Å². The minimum Gasteiger partial charge on any atom is -0.497 e. The van der Waals surface area contributed by atoms with E-state index in [2.05, 4.69) is 15.1 Å². The Morgan fingerprint density at radius 1 is 0.943 bits per heavy atom. The van der Waals surface area contributed by atoms with Gasteiger partial charge in [-0.3, -0.25) is 9.69 Å². The summed E-state index contributed by atoms with van der Waals surface area (Å²) in [6, 6.07) is 13.6. The molecule has 2 heterocycles. The van der Waals surface area contributed by atoms with E-state index in [1.54, 1.807) is 7.11 Å². The van der Waals surface area contributed by atoms with Crippen LogP contribution in [0.15, 0.2) is 48.5 Å². The maximum Gasteiger partial charge on any atom is 0.416 e. The van der Waals surface area contributed by atoms with Gasteiger partial charge >= 0.3 is 6.18 Å². The molecule has 0 aliphatic carbocycles. The molecule has 0 bridgehead atoms. The van der Waals surface area contributed by atoms with Gasteiger partial charge < -0.3 is 19.9 Å². The first-order valence-electron chi connectivity index (χ1n) is 12.1. The number of rotatable bonds is 7. The van der Waals surface area contributed by atoms with E-state index in [-0.39, 0.29) is 5.91 Å². The number of hydrogen-bond donors (Lipinski definition) is 1. The first kappa shape index (κ1) is 25.2. The van der Waals surface area contributed by atoms with Crippen LogP contribution in [0.2, 0.25) is 0 Å². The molecule has 6 nitrogen and oxygen atoms in total. The number of piperidine rings is 1. The van der Waals surface area contributed by atoms with Crippen LogP contribution in [-0.2, 0) is 11.0 Å². The number of carbonyl (C=O) groups excluding carboxylic acids is 1. The van der Waals surface area contributed by atoms with Crippen molar-refractivity contribution < 1.29 is 22.7 Å². The third-order valence-electron chi connectivity index (χ3n) is 6.88. The summed E-state index contributed by atoms with van der Waals surface area (Å²) < 4.78 is 43.5. The molecule has 0 saturated carbocycles. The van der Waals surface area contributed by atoms with Crippen LogP contribution in [0.5, 0.6) is 5.75 Å². The second kappa shape index (κ2) is 11.2. The number of ether oxygens (including phenoxy) is 1. The molecule has 4 rings (SSSR count). The number of methoxy groups -OCH3 is 1. The van der Waals surface area contributed by atoms with E-state index in [1.165, 1.54) is 12.1 Å². The number of carbonyl (C=O) groups is 1. The van der Waals surface area contributed by atoms with Crippen LogP contribution in [0.4, 0.5) is 24.5 Å². The van der Waals surface area contributed by atoms with E-state index in [0.29, 0.717) is 19.0 Å². The molecule has 1 N–H and O–H groups in total. The van der Waals surface area contributed by atoms with Crippen molar-refractivity contribution in [2.45, 2.75) is 31.5 Å². The maximum atomic E-state index is 12.8. The van der Waals surface area contributed by atoms with E-state index < -0.39 is 11.7 Å². The predicted octanol–water partition coefficient (Wildman–Crippen LogP) is 4.33. The zero-order valence-corrected chi connectivity index (χ0v) is 20.1. The highest BCUT2D eigenvalue weighted by Gasteiger charge is 2.30. The lowest BCUT2D eigenvalue weighted by Gasteiger charge is -2.37. The number of anilines is 2. The van der Waals surface area contributed by atoms with Crippen LogP contribution < -0.4 is 15.0 Å². The number of likely N-dealkylation sites (tertiary alicyclic amines) is 1. The number of nitrogens with one attached hydrogen (secondary N) is 1. The molecule has 0 spiro atoms. The van der Waals surface area contributed by atoms with Crippen molar-refractivity contribution in [2.24, 2.45) is 0 Å². The van der Waals surface area contributed by atoms with Gasteiger partial charge in [0.2, 0.25) is 5.91 Å². The third-order valence-corrected chi connectivity index (χ3v) is 6.88.